The van der Waals surface area contributed by atoms with Crippen molar-refractivity contribution < 1.29 is 13.2 Å². The van der Waals surface area contributed by atoms with Crippen LogP contribution in [0.15, 0.2) is 58.8 Å². The molecule has 0 bridgehead atoms. The predicted molar refractivity (Wildman–Crippen MR) is 124 cm³/mol. The van der Waals surface area contributed by atoms with Crippen molar-refractivity contribution in [3.05, 3.63) is 70.2 Å². The number of hydrogen-bond acceptors (Lipinski definition) is 7. The maximum absolute atomic E-state index is 13.5. The van der Waals surface area contributed by atoms with E-state index in [0.29, 0.717) is 5.13 Å². The molecule has 0 radical (unpaired) electrons. The molecule has 0 unspecified atom stereocenters. The highest BCUT2D eigenvalue weighted by Crippen LogP contribution is 2.27. The minimum atomic E-state index is -3.93. The number of fused-ring (bicyclic) bond motifs is 1. The Morgan fingerprint density at radius 2 is 1.87 bits per heavy atom. The maximum atomic E-state index is 13.5. The number of nitrogens with one attached hydrogen (secondary N) is 1. The van der Waals surface area contributed by atoms with Gasteiger partial charge in [0.1, 0.15) is 0 Å². The molecule has 0 aliphatic carbocycles. The van der Waals surface area contributed by atoms with Crippen LogP contribution >= 0.6 is 22.7 Å². The largest absolute Gasteiger partial charge is 0.301 e. The van der Waals surface area contributed by atoms with Gasteiger partial charge in [0.2, 0.25) is 15.9 Å². The van der Waals surface area contributed by atoms with Crippen LogP contribution in [-0.4, -0.2) is 35.1 Å². The van der Waals surface area contributed by atoms with Crippen molar-refractivity contribution in [3.8, 4) is 0 Å². The Kier molecular flexibility index (Phi) is 6.15. The Balaban J connectivity index is 1.64. The van der Waals surface area contributed by atoms with E-state index in [-0.39, 0.29) is 18.0 Å². The zero-order valence-corrected chi connectivity index (χ0v) is 19.4. The quantitative estimate of drug-likeness (QED) is 0.435. The van der Waals surface area contributed by atoms with Crippen molar-refractivity contribution in [3.63, 3.8) is 0 Å². The van der Waals surface area contributed by atoms with Gasteiger partial charge in [-0.3, -0.25) is 4.79 Å². The van der Waals surface area contributed by atoms with Crippen molar-refractivity contribution >= 4 is 54.0 Å². The fourth-order valence-corrected chi connectivity index (χ4v) is 6.13. The molecule has 31 heavy (non-hydrogen) atoms. The average Bonchev–Trinajstić information content (AvgIpc) is 3.31. The first kappa shape index (κ1) is 21.6. The fourth-order valence-electron chi connectivity index (χ4n) is 3.07. The second-order valence-corrected chi connectivity index (χ2v) is 11.0. The van der Waals surface area contributed by atoms with Gasteiger partial charge in [-0.1, -0.05) is 30.3 Å². The van der Waals surface area contributed by atoms with E-state index in [1.165, 1.54) is 33.0 Å². The van der Waals surface area contributed by atoms with E-state index >= 15 is 0 Å². The van der Waals surface area contributed by atoms with Crippen molar-refractivity contribution in [2.24, 2.45) is 0 Å². The lowest BCUT2D eigenvalue weighted by atomic mass is 10.2. The number of aryl methyl sites for hydroxylation is 2. The third-order valence-corrected chi connectivity index (χ3v) is 8.09. The number of nitrogens with zero attached hydrogens (tertiary/aromatic N) is 3. The molecule has 0 spiro atoms. The van der Waals surface area contributed by atoms with E-state index in [4.69, 9.17) is 0 Å². The Morgan fingerprint density at radius 3 is 2.58 bits per heavy atom. The summed E-state index contributed by atoms with van der Waals surface area (Å²) in [5.41, 5.74) is 2.34. The van der Waals surface area contributed by atoms with Gasteiger partial charge in [0.15, 0.2) is 5.13 Å². The van der Waals surface area contributed by atoms with E-state index in [9.17, 15) is 13.2 Å². The highest BCUT2D eigenvalue weighted by molar-refractivity contribution is 7.89. The van der Waals surface area contributed by atoms with Gasteiger partial charge in [-0.2, -0.15) is 4.31 Å². The monoisotopic (exact) mass is 472 g/mol. The molecule has 0 saturated carbocycles. The van der Waals surface area contributed by atoms with Crippen LogP contribution in [0.25, 0.3) is 10.2 Å². The number of anilines is 1. The van der Waals surface area contributed by atoms with Gasteiger partial charge in [0.25, 0.3) is 0 Å². The summed E-state index contributed by atoms with van der Waals surface area (Å²) in [5, 5.41) is 5.82. The molecule has 4 aromatic rings. The maximum Gasteiger partial charge on any atom is 0.243 e. The van der Waals surface area contributed by atoms with E-state index in [1.807, 2.05) is 49.6 Å². The summed E-state index contributed by atoms with van der Waals surface area (Å²) in [6.07, 6.45) is 0. The number of sulfonamides is 1. The number of rotatable bonds is 7. The number of aromatic nitrogens is 2. The summed E-state index contributed by atoms with van der Waals surface area (Å²) in [6, 6.07) is 14.1. The van der Waals surface area contributed by atoms with Crippen LogP contribution in [-0.2, 0) is 21.4 Å². The number of carbonyl (C=O) groups excluding carboxylic acids is 1. The molecule has 2 aromatic heterocycles. The van der Waals surface area contributed by atoms with E-state index in [2.05, 4.69) is 15.3 Å². The predicted octanol–water partition coefficient (Wildman–Crippen LogP) is 4.20. The molecular formula is C21H20N4O3S3. The third kappa shape index (κ3) is 4.99. The summed E-state index contributed by atoms with van der Waals surface area (Å²) in [4.78, 5) is 21.4. The molecule has 160 valence electrons. The van der Waals surface area contributed by atoms with Crippen LogP contribution in [0, 0.1) is 13.8 Å². The summed E-state index contributed by atoms with van der Waals surface area (Å²) < 4.78 is 29.0. The first-order valence-electron chi connectivity index (χ1n) is 9.44. The SMILES string of the molecule is Cc1csc(NC(=O)CN(Cc2ccccc2)S(=O)(=O)c2ccc3nc(C)sc3c2)n1. The van der Waals surface area contributed by atoms with Crippen LogP contribution in [0.2, 0.25) is 0 Å². The first-order chi connectivity index (χ1) is 14.8. The smallest absolute Gasteiger partial charge is 0.243 e. The van der Waals surface area contributed by atoms with E-state index in [0.717, 1.165) is 26.5 Å². The van der Waals surface area contributed by atoms with Crippen molar-refractivity contribution in [1.82, 2.24) is 14.3 Å². The lowest BCUT2D eigenvalue weighted by Gasteiger charge is -2.22. The molecule has 10 heteroatoms. The Hall–Kier alpha value is -2.66. The second-order valence-electron chi connectivity index (χ2n) is 6.96. The van der Waals surface area contributed by atoms with Gasteiger partial charge in [-0.05, 0) is 37.6 Å². The normalized spacial score (nSPS) is 11.8. The van der Waals surface area contributed by atoms with Gasteiger partial charge >= 0.3 is 0 Å². The molecule has 0 aliphatic rings. The zero-order chi connectivity index (χ0) is 22.0. The van der Waals surface area contributed by atoms with Gasteiger partial charge in [0, 0.05) is 11.9 Å². The number of amides is 1. The minimum absolute atomic E-state index is 0.0766. The van der Waals surface area contributed by atoms with E-state index in [1.54, 1.807) is 12.1 Å². The van der Waals surface area contributed by atoms with Crippen LogP contribution in [0.1, 0.15) is 16.3 Å². The molecule has 0 fully saturated rings. The van der Waals surface area contributed by atoms with Gasteiger partial charge in [0.05, 0.1) is 32.4 Å². The molecule has 7 nitrogen and oxygen atoms in total. The second kappa shape index (κ2) is 8.83. The molecule has 0 atom stereocenters. The molecule has 0 aliphatic heterocycles. The minimum Gasteiger partial charge on any atom is -0.301 e. The number of benzene rings is 2. The Morgan fingerprint density at radius 1 is 1.10 bits per heavy atom. The van der Waals surface area contributed by atoms with Crippen LogP contribution in [0.4, 0.5) is 5.13 Å². The molecule has 4 rings (SSSR count). The summed E-state index contributed by atoms with van der Waals surface area (Å²) in [5.74, 6) is -0.441. The van der Waals surface area contributed by atoms with Crippen LogP contribution < -0.4 is 5.32 Å². The lowest BCUT2D eigenvalue weighted by molar-refractivity contribution is -0.116. The Labute approximate surface area is 188 Å². The molecule has 0 saturated heterocycles. The average molecular weight is 473 g/mol. The fraction of sp³-hybridized carbons (Fsp3) is 0.190. The van der Waals surface area contributed by atoms with Crippen LogP contribution in [0.3, 0.4) is 0 Å². The summed E-state index contributed by atoms with van der Waals surface area (Å²) in [6.45, 7) is 3.46. The molecule has 1 amide bonds. The molecule has 2 heterocycles. The van der Waals surface area contributed by atoms with Crippen molar-refractivity contribution in [1.29, 1.82) is 0 Å². The Bertz CT molecular complexity index is 1330. The highest BCUT2D eigenvalue weighted by atomic mass is 32.2. The standard InChI is InChI=1S/C21H20N4O3S3/c1-14-13-29-21(22-14)24-20(26)12-25(11-16-6-4-3-5-7-16)31(27,28)17-8-9-18-19(10-17)30-15(2)23-18/h3-10,13H,11-12H2,1-2H3,(H,22,24,26). The summed E-state index contributed by atoms with van der Waals surface area (Å²) in [7, 11) is -3.93. The number of thiazole rings is 2. The van der Waals surface area contributed by atoms with Crippen molar-refractivity contribution in [2.75, 3.05) is 11.9 Å². The topological polar surface area (TPSA) is 92.3 Å². The van der Waals surface area contributed by atoms with Crippen molar-refractivity contribution in [2.45, 2.75) is 25.3 Å². The molecular weight excluding hydrogens is 452 g/mol. The number of carbonyl (C=O) groups is 1. The summed E-state index contributed by atoms with van der Waals surface area (Å²) >= 11 is 2.74. The number of hydrogen-bond donors (Lipinski definition) is 1. The van der Waals surface area contributed by atoms with Crippen LogP contribution in [0.5, 0.6) is 0 Å². The molecule has 1 N–H and O–H groups in total. The van der Waals surface area contributed by atoms with Gasteiger partial charge < -0.3 is 5.32 Å². The molecule has 2 aromatic carbocycles. The van der Waals surface area contributed by atoms with E-state index < -0.39 is 15.9 Å². The first-order valence-corrected chi connectivity index (χ1v) is 12.6. The zero-order valence-electron chi connectivity index (χ0n) is 16.9. The third-order valence-electron chi connectivity index (χ3n) is 4.49. The lowest BCUT2D eigenvalue weighted by Crippen LogP contribution is -2.37. The van der Waals surface area contributed by atoms with Gasteiger partial charge in [-0.15, -0.1) is 22.7 Å². The highest BCUT2D eigenvalue weighted by Gasteiger charge is 2.28. The van der Waals surface area contributed by atoms with Gasteiger partial charge in [-0.25, -0.2) is 18.4 Å².